The molecular formula is C16H19N5O4. The zero-order chi connectivity index (χ0) is 18.0. The van der Waals surface area contributed by atoms with Gasteiger partial charge in [0.05, 0.1) is 10.6 Å². The zero-order valence-corrected chi connectivity index (χ0v) is 13.8. The van der Waals surface area contributed by atoms with Crippen molar-refractivity contribution in [1.82, 2.24) is 15.0 Å². The molecule has 2 heterocycles. The Morgan fingerprint density at radius 2 is 2.20 bits per heavy atom. The number of non-ortho nitro benzene ring substituents is 1. The molecule has 1 aliphatic heterocycles. The number of benzene rings is 1. The fourth-order valence-corrected chi connectivity index (χ4v) is 3.18. The summed E-state index contributed by atoms with van der Waals surface area (Å²) in [7, 11) is 0. The Morgan fingerprint density at radius 3 is 2.88 bits per heavy atom. The molecule has 9 nitrogen and oxygen atoms in total. The van der Waals surface area contributed by atoms with Crippen molar-refractivity contribution in [3.63, 3.8) is 0 Å². The second kappa shape index (κ2) is 6.88. The number of carbonyl (C=O) groups is 1. The lowest BCUT2D eigenvalue weighted by molar-refractivity contribution is -0.384. The average Bonchev–Trinajstić information content (AvgIpc) is 3.07. The fourth-order valence-electron chi connectivity index (χ4n) is 3.18. The average molecular weight is 345 g/mol. The summed E-state index contributed by atoms with van der Waals surface area (Å²) < 4.78 is 0. The molecule has 0 radical (unpaired) electrons. The summed E-state index contributed by atoms with van der Waals surface area (Å²) in [6, 6.07) is 6.04. The van der Waals surface area contributed by atoms with Crippen LogP contribution in [-0.2, 0) is 0 Å². The third-order valence-electron chi connectivity index (χ3n) is 4.44. The molecule has 25 heavy (non-hydrogen) atoms. The number of piperidine rings is 1. The van der Waals surface area contributed by atoms with E-state index < -0.39 is 10.9 Å². The van der Waals surface area contributed by atoms with Crippen molar-refractivity contribution in [1.29, 1.82) is 0 Å². The Kier molecular flexibility index (Phi) is 4.64. The molecule has 0 amide bonds. The largest absolute Gasteiger partial charge is 0.476 e. The van der Waals surface area contributed by atoms with Crippen molar-refractivity contribution >= 4 is 17.5 Å². The van der Waals surface area contributed by atoms with Gasteiger partial charge in [-0.25, -0.2) is 4.79 Å². The van der Waals surface area contributed by atoms with Gasteiger partial charge in [0.1, 0.15) is 0 Å². The maximum Gasteiger partial charge on any atom is 0.360 e. The first-order valence-electron chi connectivity index (χ1n) is 8.23. The van der Waals surface area contributed by atoms with Crippen LogP contribution in [0.2, 0.25) is 0 Å². The smallest absolute Gasteiger partial charge is 0.360 e. The highest BCUT2D eigenvalue weighted by Gasteiger charge is 2.29. The number of anilines is 1. The normalized spacial score (nSPS) is 17.5. The lowest BCUT2D eigenvalue weighted by Crippen LogP contribution is -2.40. The molecule has 1 aliphatic rings. The molecule has 3 rings (SSSR count). The number of hydrogen-bond donors (Lipinski definition) is 1. The van der Waals surface area contributed by atoms with E-state index in [1.165, 1.54) is 18.2 Å². The lowest BCUT2D eigenvalue weighted by Gasteiger charge is -2.35. The Morgan fingerprint density at radius 1 is 1.40 bits per heavy atom. The Bertz CT molecular complexity index is 804. The van der Waals surface area contributed by atoms with E-state index in [-0.39, 0.29) is 17.4 Å². The topological polar surface area (TPSA) is 114 Å². The monoisotopic (exact) mass is 345 g/mol. The number of nitro groups is 1. The van der Waals surface area contributed by atoms with E-state index in [0.717, 1.165) is 37.0 Å². The standard InChI is InChI=1S/C16H19N5O4/c1-2-11-6-3-4-9-19(11)15-14(16(22)23)17-20(18-15)12-7-5-8-13(10-12)21(24)25/h5,7-8,10-11H,2-4,6,9H2,1H3,(H,22,23)/t11-/m0/s1. The molecule has 0 bridgehead atoms. The molecule has 132 valence electrons. The molecule has 0 spiro atoms. The molecule has 1 saturated heterocycles. The van der Waals surface area contributed by atoms with Crippen LogP contribution in [0.15, 0.2) is 24.3 Å². The Balaban J connectivity index is 2.04. The van der Waals surface area contributed by atoms with Gasteiger partial charge in [0, 0.05) is 24.7 Å². The number of carboxylic acids is 1. The van der Waals surface area contributed by atoms with Crippen molar-refractivity contribution in [2.24, 2.45) is 0 Å². The van der Waals surface area contributed by atoms with Crippen LogP contribution in [0.3, 0.4) is 0 Å². The van der Waals surface area contributed by atoms with Crippen LogP contribution < -0.4 is 4.90 Å². The third kappa shape index (κ3) is 3.30. The van der Waals surface area contributed by atoms with E-state index in [1.54, 1.807) is 6.07 Å². The molecule has 0 unspecified atom stereocenters. The van der Waals surface area contributed by atoms with Gasteiger partial charge in [0.15, 0.2) is 5.82 Å². The van der Waals surface area contributed by atoms with Crippen LogP contribution in [0.4, 0.5) is 11.5 Å². The Hall–Kier alpha value is -2.97. The summed E-state index contributed by atoms with van der Waals surface area (Å²) in [5, 5.41) is 28.9. The van der Waals surface area contributed by atoms with Crippen LogP contribution in [0, 0.1) is 10.1 Å². The number of rotatable bonds is 5. The minimum absolute atomic E-state index is 0.0994. The first-order chi connectivity index (χ1) is 12.0. The lowest BCUT2D eigenvalue weighted by atomic mass is 10.00. The van der Waals surface area contributed by atoms with Crippen molar-refractivity contribution in [2.75, 3.05) is 11.4 Å². The van der Waals surface area contributed by atoms with Crippen LogP contribution in [0.25, 0.3) is 5.69 Å². The number of nitrogens with zero attached hydrogens (tertiary/aromatic N) is 5. The summed E-state index contributed by atoms with van der Waals surface area (Å²) in [6.45, 7) is 2.79. The molecule has 2 aromatic rings. The number of carboxylic acid groups (broad SMARTS) is 1. The van der Waals surface area contributed by atoms with Gasteiger partial charge >= 0.3 is 5.97 Å². The molecular weight excluding hydrogens is 326 g/mol. The summed E-state index contributed by atoms with van der Waals surface area (Å²) >= 11 is 0. The summed E-state index contributed by atoms with van der Waals surface area (Å²) in [4.78, 5) is 25.2. The van der Waals surface area contributed by atoms with E-state index in [4.69, 9.17) is 0 Å². The number of aromatic nitrogens is 3. The van der Waals surface area contributed by atoms with Crippen molar-refractivity contribution < 1.29 is 14.8 Å². The summed E-state index contributed by atoms with van der Waals surface area (Å²) in [6.07, 6.45) is 3.96. The quantitative estimate of drug-likeness (QED) is 0.654. The van der Waals surface area contributed by atoms with Gasteiger partial charge < -0.3 is 10.0 Å². The maximum atomic E-state index is 11.6. The minimum Gasteiger partial charge on any atom is -0.476 e. The molecule has 0 saturated carbocycles. The van der Waals surface area contributed by atoms with E-state index in [2.05, 4.69) is 17.1 Å². The SMILES string of the molecule is CC[C@H]1CCCCN1c1nn(-c2cccc([N+](=O)[O-])c2)nc1C(=O)O. The maximum absolute atomic E-state index is 11.6. The molecule has 1 fully saturated rings. The molecule has 0 aliphatic carbocycles. The van der Waals surface area contributed by atoms with E-state index >= 15 is 0 Å². The van der Waals surface area contributed by atoms with Crippen molar-refractivity contribution in [3.05, 3.63) is 40.1 Å². The molecule has 1 N–H and O–H groups in total. The van der Waals surface area contributed by atoms with Crippen LogP contribution in [0.5, 0.6) is 0 Å². The second-order valence-corrected chi connectivity index (χ2v) is 6.00. The number of nitro benzene ring substituents is 1. The van der Waals surface area contributed by atoms with Gasteiger partial charge in [-0.3, -0.25) is 10.1 Å². The molecule has 1 aromatic carbocycles. The predicted octanol–water partition coefficient (Wildman–Crippen LogP) is 2.64. The zero-order valence-electron chi connectivity index (χ0n) is 13.8. The second-order valence-electron chi connectivity index (χ2n) is 6.00. The summed E-state index contributed by atoms with van der Waals surface area (Å²) in [5.41, 5.74) is 0.123. The van der Waals surface area contributed by atoms with Crippen LogP contribution in [-0.4, -0.2) is 43.6 Å². The van der Waals surface area contributed by atoms with Crippen molar-refractivity contribution in [3.8, 4) is 5.69 Å². The molecule has 1 atom stereocenters. The van der Waals surface area contributed by atoms with E-state index in [0.29, 0.717) is 11.5 Å². The number of hydrogen-bond acceptors (Lipinski definition) is 6. The van der Waals surface area contributed by atoms with Gasteiger partial charge in [0.2, 0.25) is 5.69 Å². The molecule has 1 aromatic heterocycles. The molecule has 9 heteroatoms. The van der Waals surface area contributed by atoms with Gasteiger partial charge in [-0.15, -0.1) is 15.0 Å². The van der Waals surface area contributed by atoms with E-state index in [9.17, 15) is 20.0 Å². The fraction of sp³-hybridized carbons (Fsp3) is 0.438. The first-order valence-corrected chi connectivity index (χ1v) is 8.23. The highest BCUT2D eigenvalue weighted by atomic mass is 16.6. The van der Waals surface area contributed by atoms with E-state index in [1.807, 2.05) is 4.90 Å². The minimum atomic E-state index is -1.16. The highest BCUT2D eigenvalue weighted by Crippen LogP contribution is 2.28. The van der Waals surface area contributed by atoms with Crippen molar-refractivity contribution in [2.45, 2.75) is 38.6 Å². The Labute approximate surface area is 144 Å². The highest BCUT2D eigenvalue weighted by molar-refractivity contribution is 5.91. The third-order valence-corrected chi connectivity index (χ3v) is 4.44. The van der Waals surface area contributed by atoms with Gasteiger partial charge in [-0.2, -0.15) is 0 Å². The van der Waals surface area contributed by atoms with Crippen LogP contribution in [0.1, 0.15) is 43.1 Å². The summed E-state index contributed by atoms with van der Waals surface area (Å²) in [5.74, 6) is -0.835. The van der Waals surface area contributed by atoms with Gasteiger partial charge in [-0.1, -0.05) is 13.0 Å². The van der Waals surface area contributed by atoms with Gasteiger partial charge in [0.25, 0.3) is 5.69 Å². The number of aromatic carboxylic acids is 1. The predicted molar refractivity (Wildman–Crippen MR) is 90.2 cm³/mol. The van der Waals surface area contributed by atoms with Crippen LogP contribution >= 0.6 is 0 Å². The van der Waals surface area contributed by atoms with Gasteiger partial charge in [-0.05, 0) is 31.7 Å². The first kappa shape index (κ1) is 16.9.